The van der Waals surface area contributed by atoms with Gasteiger partial charge in [0.25, 0.3) is 18.3 Å². The summed E-state index contributed by atoms with van der Waals surface area (Å²) in [7, 11) is 0. The number of carbonyl (C=O) groups is 1. The Morgan fingerprint density at radius 2 is 2.00 bits per heavy atom. The minimum absolute atomic E-state index is 0.00887. The van der Waals surface area contributed by atoms with Gasteiger partial charge in [0.15, 0.2) is 5.82 Å². The van der Waals surface area contributed by atoms with Gasteiger partial charge in [0.2, 0.25) is 0 Å². The van der Waals surface area contributed by atoms with Crippen molar-refractivity contribution in [1.82, 2.24) is 19.4 Å². The Kier molecular flexibility index (Phi) is 6.28. The van der Waals surface area contributed by atoms with Crippen molar-refractivity contribution < 1.29 is 35.9 Å². The smallest absolute Gasteiger partial charge is 0.302 e. The Morgan fingerprint density at radius 1 is 1.24 bits per heavy atom. The van der Waals surface area contributed by atoms with Crippen LogP contribution in [-0.4, -0.2) is 64.0 Å². The molecule has 0 saturated carbocycles. The van der Waals surface area contributed by atoms with Crippen LogP contribution in [0.1, 0.15) is 23.1 Å². The van der Waals surface area contributed by atoms with Gasteiger partial charge in [0.1, 0.15) is 6.61 Å². The van der Waals surface area contributed by atoms with Crippen molar-refractivity contribution in [3.63, 3.8) is 0 Å². The minimum Gasteiger partial charge on any atom is -0.373 e. The van der Waals surface area contributed by atoms with E-state index in [1.165, 1.54) is 36.5 Å². The molecule has 0 bridgehead atoms. The Balaban J connectivity index is 1.69. The van der Waals surface area contributed by atoms with Gasteiger partial charge in [-0.1, -0.05) is 12.1 Å². The highest BCUT2D eigenvalue weighted by Gasteiger charge is 2.37. The van der Waals surface area contributed by atoms with E-state index in [0.29, 0.717) is 12.5 Å². The molecule has 4 rings (SSSR count). The topological polar surface area (TPSA) is 60.3 Å². The number of para-hydroxylation sites is 1. The third-order valence-corrected chi connectivity index (χ3v) is 5.31. The zero-order valence-corrected chi connectivity index (χ0v) is 18.0. The molecule has 6 nitrogen and oxygen atoms in total. The molecule has 1 aliphatic rings. The average Bonchev–Trinajstić information content (AvgIpc) is 3.03. The molecule has 1 saturated heterocycles. The lowest BCUT2D eigenvalue weighted by Crippen LogP contribution is -2.41. The standard InChI is InChI=1S/C22H20F6N4O2/c1-21(25,26)20-30-18-14(3-2-4-16(18)32(20)10-17(23)24)15-6-5-13(9-29-15)19(33)31-7-8-34-12-22(27,28)11-31/h2-6,9,17H,7-8,10-12H2,1H3. The Labute approximate surface area is 190 Å². The second kappa shape index (κ2) is 8.90. The van der Waals surface area contributed by atoms with E-state index in [1.54, 1.807) is 0 Å². The van der Waals surface area contributed by atoms with Crippen molar-refractivity contribution in [3.05, 3.63) is 47.9 Å². The van der Waals surface area contributed by atoms with E-state index in [4.69, 9.17) is 4.74 Å². The maximum Gasteiger partial charge on any atom is 0.302 e. The van der Waals surface area contributed by atoms with Gasteiger partial charge in [-0.2, -0.15) is 8.78 Å². The van der Waals surface area contributed by atoms with E-state index in [1.807, 2.05) is 0 Å². The van der Waals surface area contributed by atoms with Gasteiger partial charge in [-0.3, -0.25) is 9.78 Å². The van der Waals surface area contributed by atoms with Crippen molar-refractivity contribution in [1.29, 1.82) is 0 Å². The number of hydrogen-bond acceptors (Lipinski definition) is 4. The molecule has 3 heterocycles. The summed E-state index contributed by atoms with van der Waals surface area (Å²) in [6.07, 6.45) is -1.69. The van der Waals surface area contributed by atoms with E-state index < -0.39 is 49.7 Å². The van der Waals surface area contributed by atoms with Crippen LogP contribution in [0.15, 0.2) is 36.5 Å². The third kappa shape index (κ3) is 4.86. The van der Waals surface area contributed by atoms with Gasteiger partial charge in [-0.25, -0.2) is 22.5 Å². The predicted molar refractivity (Wildman–Crippen MR) is 110 cm³/mol. The molecule has 3 aromatic rings. The number of amides is 1. The molecule has 34 heavy (non-hydrogen) atoms. The first-order valence-electron chi connectivity index (χ1n) is 10.3. The Morgan fingerprint density at radius 3 is 2.65 bits per heavy atom. The second-order valence-electron chi connectivity index (χ2n) is 8.07. The van der Waals surface area contributed by atoms with Gasteiger partial charge in [-0.05, 0) is 18.2 Å². The largest absolute Gasteiger partial charge is 0.373 e. The van der Waals surface area contributed by atoms with Crippen molar-refractivity contribution >= 4 is 16.9 Å². The molecular weight excluding hydrogens is 466 g/mol. The van der Waals surface area contributed by atoms with Crippen LogP contribution >= 0.6 is 0 Å². The van der Waals surface area contributed by atoms with Gasteiger partial charge in [-0.15, -0.1) is 0 Å². The number of pyridine rings is 1. The molecular formula is C22H20F6N4O2. The highest BCUT2D eigenvalue weighted by molar-refractivity contribution is 5.95. The summed E-state index contributed by atoms with van der Waals surface area (Å²) in [5.74, 6) is -8.10. The summed E-state index contributed by atoms with van der Waals surface area (Å²) < 4.78 is 87.5. The predicted octanol–water partition coefficient (Wildman–Crippen LogP) is 4.58. The summed E-state index contributed by atoms with van der Waals surface area (Å²) in [6.45, 7) is -1.97. The van der Waals surface area contributed by atoms with E-state index in [2.05, 4.69) is 9.97 Å². The maximum atomic E-state index is 14.1. The number of halogens is 6. The van der Waals surface area contributed by atoms with Gasteiger partial charge in [0.05, 0.1) is 42.0 Å². The second-order valence-corrected chi connectivity index (χ2v) is 8.07. The van der Waals surface area contributed by atoms with Crippen LogP contribution in [0, 0.1) is 0 Å². The average molecular weight is 486 g/mol. The van der Waals surface area contributed by atoms with Crippen LogP contribution in [0.2, 0.25) is 0 Å². The molecule has 0 N–H and O–H groups in total. The lowest BCUT2D eigenvalue weighted by molar-refractivity contribution is -0.0660. The van der Waals surface area contributed by atoms with E-state index in [9.17, 15) is 31.1 Å². The lowest BCUT2D eigenvalue weighted by Gasteiger charge is -2.23. The summed E-state index contributed by atoms with van der Waals surface area (Å²) in [6, 6.07) is 7.24. The highest BCUT2D eigenvalue weighted by atomic mass is 19.3. The first-order chi connectivity index (χ1) is 16.0. The number of nitrogens with zero attached hydrogens (tertiary/aromatic N) is 4. The number of hydrogen-bond donors (Lipinski definition) is 0. The van der Waals surface area contributed by atoms with Crippen LogP contribution in [0.3, 0.4) is 0 Å². The van der Waals surface area contributed by atoms with E-state index >= 15 is 0 Å². The molecule has 1 amide bonds. The molecule has 0 unspecified atom stereocenters. The molecule has 0 radical (unpaired) electrons. The van der Waals surface area contributed by atoms with Crippen LogP contribution < -0.4 is 0 Å². The zero-order chi connectivity index (χ0) is 24.7. The van der Waals surface area contributed by atoms with E-state index in [0.717, 1.165) is 9.47 Å². The fourth-order valence-electron chi connectivity index (χ4n) is 3.85. The van der Waals surface area contributed by atoms with Crippen molar-refractivity contribution in [2.75, 3.05) is 26.3 Å². The number of imidazole rings is 1. The molecule has 0 atom stereocenters. The summed E-state index contributed by atoms with van der Waals surface area (Å²) in [5.41, 5.74) is 0.736. The monoisotopic (exact) mass is 486 g/mol. The number of alkyl halides is 6. The lowest BCUT2D eigenvalue weighted by atomic mass is 10.1. The van der Waals surface area contributed by atoms with Crippen LogP contribution in [0.25, 0.3) is 22.3 Å². The molecule has 0 spiro atoms. The third-order valence-electron chi connectivity index (χ3n) is 5.31. The SMILES string of the molecule is CC(F)(F)c1nc2c(-c3ccc(C(=O)N4CCOCC(F)(F)C4)cn3)cccc2n1CC(F)F. The number of carbonyl (C=O) groups excluding carboxylic acids is 1. The molecule has 12 heteroatoms. The first-order valence-corrected chi connectivity index (χ1v) is 10.3. The Hall–Kier alpha value is -3.15. The van der Waals surface area contributed by atoms with Crippen LogP contribution in [0.4, 0.5) is 26.3 Å². The fourth-order valence-corrected chi connectivity index (χ4v) is 3.85. The zero-order valence-electron chi connectivity index (χ0n) is 18.0. The number of ether oxygens (including phenoxy) is 1. The highest BCUT2D eigenvalue weighted by Crippen LogP contribution is 2.34. The molecule has 2 aromatic heterocycles. The maximum absolute atomic E-state index is 14.1. The molecule has 1 aliphatic heterocycles. The quantitative estimate of drug-likeness (QED) is 0.496. The van der Waals surface area contributed by atoms with Crippen molar-refractivity contribution in [3.8, 4) is 11.3 Å². The number of fused-ring (bicyclic) bond motifs is 1. The first kappa shape index (κ1) is 24.0. The fraction of sp³-hybridized carbons (Fsp3) is 0.409. The van der Waals surface area contributed by atoms with Crippen molar-refractivity contribution in [2.45, 2.75) is 31.7 Å². The normalized spacial score (nSPS) is 16.8. The summed E-state index contributed by atoms with van der Waals surface area (Å²) in [5, 5.41) is 0. The molecule has 182 valence electrons. The van der Waals surface area contributed by atoms with Gasteiger partial charge >= 0.3 is 5.92 Å². The summed E-state index contributed by atoms with van der Waals surface area (Å²) in [4.78, 5) is 21.8. The Bertz CT molecular complexity index is 1190. The van der Waals surface area contributed by atoms with Gasteiger partial charge < -0.3 is 14.2 Å². The molecule has 0 aliphatic carbocycles. The number of aromatic nitrogens is 3. The number of benzene rings is 1. The molecule has 1 aromatic carbocycles. The number of rotatable bonds is 5. The van der Waals surface area contributed by atoms with E-state index in [-0.39, 0.29) is 35.4 Å². The van der Waals surface area contributed by atoms with Crippen molar-refractivity contribution in [2.24, 2.45) is 0 Å². The van der Waals surface area contributed by atoms with Crippen LogP contribution in [-0.2, 0) is 17.2 Å². The molecule has 1 fully saturated rings. The van der Waals surface area contributed by atoms with Gasteiger partial charge in [0, 0.05) is 25.2 Å². The summed E-state index contributed by atoms with van der Waals surface area (Å²) >= 11 is 0. The van der Waals surface area contributed by atoms with Crippen LogP contribution in [0.5, 0.6) is 0 Å². The minimum atomic E-state index is -3.46.